The van der Waals surface area contributed by atoms with E-state index in [9.17, 15) is 0 Å². The van der Waals surface area contributed by atoms with Crippen LogP contribution in [-0.4, -0.2) is 0 Å². The maximum atomic E-state index is 2.35. The summed E-state index contributed by atoms with van der Waals surface area (Å²) < 4.78 is 0. The fourth-order valence-corrected chi connectivity index (χ4v) is 1.92. The maximum absolute atomic E-state index is 2.35. The van der Waals surface area contributed by atoms with Gasteiger partial charge in [0.05, 0.1) is 0 Å². The van der Waals surface area contributed by atoms with E-state index in [1.54, 1.807) is 0 Å². The van der Waals surface area contributed by atoms with E-state index in [0.717, 1.165) is 5.92 Å². The first kappa shape index (κ1) is 8.83. The molecule has 1 aliphatic carbocycles. The Labute approximate surface area is 70.7 Å². The van der Waals surface area contributed by atoms with E-state index in [2.05, 4.69) is 19.1 Å². The molecule has 0 unspecified atom stereocenters. The van der Waals surface area contributed by atoms with E-state index < -0.39 is 0 Å². The minimum atomic E-state index is 1.07. The van der Waals surface area contributed by atoms with Crippen LogP contribution in [0.2, 0.25) is 0 Å². The van der Waals surface area contributed by atoms with Crippen molar-refractivity contribution in [2.24, 2.45) is 5.92 Å². The molecule has 0 nitrogen and oxygen atoms in total. The van der Waals surface area contributed by atoms with Crippen LogP contribution >= 0.6 is 0 Å². The minimum Gasteiger partial charge on any atom is -0.0888 e. The molecule has 0 aromatic rings. The van der Waals surface area contributed by atoms with Crippen LogP contribution in [0.15, 0.2) is 12.2 Å². The molecule has 0 N–H and O–H groups in total. The first-order chi connectivity index (χ1) is 5.43. The Hall–Kier alpha value is -0.260. The Bertz CT molecular complexity index is 107. The van der Waals surface area contributed by atoms with Gasteiger partial charge in [0.15, 0.2) is 0 Å². The van der Waals surface area contributed by atoms with Crippen LogP contribution in [0, 0.1) is 5.92 Å². The summed E-state index contributed by atoms with van der Waals surface area (Å²) in [6.07, 6.45) is 14.6. The van der Waals surface area contributed by atoms with Crippen LogP contribution in [0.1, 0.15) is 51.9 Å². The Kier molecular flexibility index (Phi) is 4.33. The van der Waals surface area contributed by atoms with E-state index in [1.807, 2.05) is 0 Å². The van der Waals surface area contributed by atoms with Gasteiger partial charge in [-0.05, 0) is 25.2 Å². The first-order valence-corrected chi connectivity index (χ1v) is 5.08. The molecule has 1 aliphatic rings. The van der Waals surface area contributed by atoms with Gasteiger partial charge in [0, 0.05) is 0 Å². The van der Waals surface area contributed by atoms with E-state index in [1.165, 1.54) is 44.9 Å². The van der Waals surface area contributed by atoms with Crippen molar-refractivity contribution in [1.82, 2.24) is 0 Å². The van der Waals surface area contributed by atoms with Crippen LogP contribution < -0.4 is 0 Å². The average molecular weight is 152 g/mol. The van der Waals surface area contributed by atoms with Crippen molar-refractivity contribution in [2.75, 3.05) is 0 Å². The molecule has 0 bridgehead atoms. The van der Waals surface area contributed by atoms with Crippen LogP contribution in [0.25, 0.3) is 0 Å². The number of allylic oxidation sites excluding steroid dienone is 2. The lowest BCUT2D eigenvalue weighted by molar-refractivity contribution is 0.508. The van der Waals surface area contributed by atoms with Crippen LogP contribution in [0.3, 0.4) is 0 Å². The topological polar surface area (TPSA) is 0 Å². The van der Waals surface area contributed by atoms with Crippen LogP contribution in [0.4, 0.5) is 0 Å². The van der Waals surface area contributed by atoms with Crippen molar-refractivity contribution >= 4 is 0 Å². The van der Waals surface area contributed by atoms with Crippen molar-refractivity contribution in [3.05, 3.63) is 12.2 Å². The molecule has 0 heteroatoms. The molecule has 0 spiro atoms. The summed E-state index contributed by atoms with van der Waals surface area (Å²) in [7, 11) is 0. The molecule has 0 saturated heterocycles. The second-order valence-corrected chi connectivity index (χ2v) is 3.61. The summed E-state index contributed by atoms with van der Waals surface area (Å²) in [5.41, 5.74) is 0. The van der Waals surface area contributed by atoms with Gasteiger partial charge in [0.2, 0.25) is 0 Å². The highest BCUT2D eigenvalue weighted by Crippen LogP contribution is 2.28. The summed E-state index contributed by atoms with van der Waals surface area (Å²) in [5, 5.41) is 0. The van der Waals surface area contributed by atoms with Gasteiger partial charge in [-0.15, -0.1) is 0 Å². The summed E-state index contributed by atoms with van der Waals surface area (Å²) in [4.78, 5) is 0. The van der Waals surface area contributed by atoms with Crippen molar-refractivity contribution in [3.63, 3.8) is 0 Å². The lowest BCUT2D eigenvalue weighted by Gasteiger charge is -2.04. The van der Waals surface area contributed by atoms with Crippen molar-refractivity contribution in [1.29, 1.82) is 0 Å². The highest BCUT2D eigenvalue weighted by molar-refractivity contribution is 4.81. The second-order valence-electron chi connectivity index (χ2n) is 3.61. The van der Waals surface area contributed by atoms with Gasteiger partial charge < -0.3 is 0 Å². The van der Waals surface area contributed by atoms with Gasteiger partial charge >= 0.3 is 0 Å². The second kappa shape index (κ2) is 5.40. The quantitative estimate of drug-likeness (QED) is 0.535. The zero-order valence-electron chi connectivity index (χ0n) is 7.68. The smallest absolute Gasteiger partial charge is 0.0348 e. The average Bonchev–Trinajstić information content (AvgIpc) is 2.50. The number of hydrogen-bond donors (Lipinski definition) is 0. The lowest BCUT2D eigenvalue weighted by atomic mass is 10.0. The Morgan fingerprint density at radius 3 is 2.55 bits per heavy atom. The van der Waals surface area contributed by atoms with Gasteiger partial charge in [0.25, 0.3) is 0 Å². The molecule has 0 aromatic heterocycles. The molecule has 1 saturated carbocycles. The molecule has 0 heterocycles. The standard InChI is InChI=1S/C11H20/c1-2-3-4-5-8-11-9-6-7-10-11/h3-4,11H,2,5-10H2,1H3/b4-3-. The van der Waals surface area contributed by atoms with E-state index in [-0.39, 0.29) is 0 Å². The highest BCUT2D eigenvalue weighted by Gasteiger charge is 2.12. The third-order valence-corrected chi connectivity index (χ3v) is 2.62. The minimum absolute atomic E-state index is 1.07. The van der Waals surface area contributed by atoms with Gasteiger partial charge in [-0.25, -0.2) is 0 Å². The Morgan fingerprint density at radius 1 is 1.18 bits per heavy atom. The van der Waals surface area contributed by atoms with Gasteiger partial charge in [-0.1, -0.05) is 44.8 Å². The third kappa shape index (κ3) is 3.60. The summed E-state index contributed by atoms with van der Waals surface area (Å²) >= 11 is 0. The molecule has 1 rings (SSSR count). The fraction of sp³-hybridized carbons (Fsp3) is 0.818. The van der Waals surface area contributed by atoms with Gasteiger partial charge in [0.1, 0.15) is 0 Å². The monoisotopic (exact) mass is 152 g/mol. The molecule has 0 radical (unpaired) electrons. The molecule has 64 valence electrons. The largest absolute Gasteiger partial charge is 0.0888 e. The number of rotatable bonds is 4. The predicted molar refractivity (Wildman–Crippen MR) is 50.6 cm³/mol. The SMILES string of the molecule is CC/C=C\CCC1CCCC1. The van der Waals surface area contributed by atoms with Crippen LogP contribution in [0.5, 0.6) is 0 Å². The predicted octanol–water partition coefficient (Wildman–Crippen LogP) is 3.92. The fourth-order valence-electron chi connectivity index (χ4n) is 1.92. The molecular formula is C11H20. The summed E-state index contributed by atoms with van der Waals surface area (Å²) in [6.45, 7) is 2.20. The first-order valence-electron chi connectivity index (χ1n) is 5.08. The Balaban J connectivity index is 1.97. The van der Waals surface area contributed by atoms with Crippen molar-refractivity contribution in [3.8, 4) is 0 Å². The van der Waals surface area contributed by atoms with Crippen LogP contribution in [-0.2, 0) is 0 Å². The molecule has 0 aliphatic heterocycles. The van der Waals surface area contributed by atoms with E-state index in [4.69, 9.17) is 0 Å². The molecule has 11 heavy (non-hydrogen) atoms. The molecule has 0 amide bonds. The Morgan fingerprint density at radius 2 is 1.91 bits per heavy atom. The zero-order valence-corrected chi connectivity index (χ0v) is 7.68. The van der Waals surface area contributed by atoms with Crippen molar-refractivity contribution < 1.29 is 0 Å². The zero-order chi connectivity index (χ0) is 7.94. The normalized spacial score (nSPS) is 20.1. The molecular weight excluding hydrogens is 132 g/mol. The summed E-state index contributed by atoms with van der Waals surface area (Å²) in [5.74, 6) is 1.07. The molecule has 1 fully saturated rings. The van der Waals surface area contributed by atoms with Gasteiger partial charge in [-0.3, -0.25) is 0 Å². The highest BCUT2D eigenvalue weighted by atomic mass is 14.2. The number of hydrogen-bond acceptors (Lipinski definition) is 0. The summed E-state index contributed by atoms with van der Waals surface area (Å²) in [6, 6.07) is 0. The third-order valence-electron chi connectivity index (χ3n) is 2.62. The molecule has 0 aromatic carbocycles. The van der Waals surface area contributed by atoms with Gasteiger partial charge in [-0.2, -0.15) is 0 Å². The van der Waals surface area contributed by atoms with Crippen molar-refractivity contribution in [2.45, 2.75) is 51.9 Å². The molecule has 0 atom stereocenters. The lowest BCUT2D eigenvalue weighted by Crippen LogP contribution is -1.90. The maximum Gasteiger partial charge on any atom is -0.0348 e. The van der Waals surface area contributed by atoms with E-state index >= 15 is 0 Å². The van der Waals surface area contributed by atoms with E-state index in [0.29, 0.717) is 0 Å².